The van der Waals surface area contributed by atoms with Crippen molar-refractivity contribution in [2.24, 2.45) is 0 Å². The highest BCUT2D eigenvalue weighted by Gasteiger charge is 2.17. The predicted molar refractivity (Wildman–Crippen MR) is 102 cm³/mol. The van der Waals surface area contributed by atoms with Crippen molar-refractivity contribution in [3.8, 4) is 0 Å². The van der Waals surface area contributed by atoms with Gasteiger partial charge >= 0.3 is 0 Å². The summed E-state index contributed by atoms with van der Waals surface area (Å²) in [6.45, 7) is 3.71. The molecule has 1 aliphatic heterocycles. The van der Waals surface area contributed by atoms with Crippen molar-refractivity contribution in [3.63, 3.8) is 0 Å². The molecule has 0 atom stereocenters. The fourth-order valence-corrected chi connectivity index (χ4v) is 3.22. The molecular formula is C18H20Cl2N4O. The largest absolute Gasteiger partial charge is 0.341 e. The average molecular weight is 379 g/mol. The van der Waals surface area contributed by atoms with Gasteiger partial charge in [-0.1, -0.05) is 42.1 Å². The molecule has 0 radical (unpaired) electrons. The number of carbonyl (C=O) groups is 1. The Bertz CT molecular complexity index is 774. The van der Waals surface area contributed by atoms with E-state index in [0.717, 1.165) is 31.6 Å². The molecule has 1 saturated heterocycles. The summed E-state index contributed by atoms with van der Waals surface area (Å²) < 4.78 is 0. The van der Waals surface area contributed by atoms with Crippen molar-refractivity contribution < 1.29 is 4.79 Å². The summed E-state index contributed by atoms with van der Waals surface area (Å²) in [6.07, 6.45) is 4.69. The number of anilines is 2. The van der Waals surface area contributed by atoms with Gasteiger partial charge in [-0.25, -0.2) is 9.97 Å². The Morgan fingerprint density at radius 1 is 1.12 bits per heavy atom. The van der Waals surface area contributed by atoms with Gasteiger partial charge in [0.05, 0.1) is 15.7 Å². The minimum Gasteiger partial charge on any atom is -0.341 e. The molecule has 2 heterocycles. The Kier molecular flexibility index (Phi) is 5.76. The van der Waals surface area contributed by atoms with Gasteiger partial charge in [0.25, 0.3) is 5.91 Å². The standard InChI is InChI=1S/C18H20Cl2N4O/c1-12-11-15(17(25)22-14-8-6-7-13(19)16(14)20)23-18(21-12)24-9-4-2-3-5-10-24/h6-8,11H,2-5,9-10H2,1H3,(H,22,25). The molecule has 25 heavy (non-hydrogen) atoms. The minimum absolute atomic E-state index is 0.316. The monoisotopic (exact) mass is 378 g/mol. The second-order valence-electron chi connectivity index (χ2n) is 6.15. The topological polar surface area (TPSA) is 58.1 Å². The molecule has 0 unspecified atom stereocenters. The van der Waals surface area contributed by atoms with Crippen LogP contribution in [0.4, 0.5) is 11.6 Å². The Hall–Kier alpha value is -1.85. The Morgan fingerprint density at radius 2 is 1.84 bits per heavy atom. The van der Waals surface area contributed by atoms with E-state index in [1.54, 1.807) is 24.3 Å². The molecule has 132 valence electrons. The van der Waals surface area contributed by atoms with Gasteiger partial charge in [0, 0.05) is 18.8 Å². The number of carbonyl (C=O) groups excluding carboxylic acids is 1. The fourth-order valence-electron chi connectivity index (χ4n) is 2.87. The van der Waals surface area contributed by atoms with E-state index in [9.17, 15) is 4.79 Å². The highest BCUT2D eigenvalue weighted by atomic mass is 35.5. The highest BCUT2D eigenvalue weighted by Crippen LogP contribution is 2.29. The first-order chi connectivity index (χ1) is 12.0. The summed E-state index contributed by atoms with van der Waals surface area (Å²) in [6, 6.07) is 6.79. The second kappa shape index (κ2) is 8.02. The molecule has 1 aromatic carbocycles. The Morgan fingerprint density at radius 3 is 2.56 bits per heavy atom. The lowest BCUT2D eigenvalue weighted by molar-refractivity contribution is 0.102. The third kappa shape index (κ3) is 4.41. The summed E-state index contributed by atoms with van der Waals surface area (Å²) >= 11 is 12.1. The van der Waals surface area contributed by atoms with Crippen LogP contribution < -0.4 is 10.2 Å². The van der Waals surface area contributed by atoms with E-state index in [0.29, 0.717) is 27.4 Å². The maximum atomic E-state index is 12.6. The third-order valence-electron chi connectivity index (χ3n) is 4.16. The zero-order valence-electron chi connectivity index (χ0n) is 14.1. The molecule has 0 aliphatic carbocycles. The van der Waals surface area contributed by atoms with Crippen LogP contribution in [0.5, 0.6) is 0 Å². The number of hydrogen-bond donors (Lipinski definition) is 1. The number of halogens is 2. The van der Waals surface area contributed by atoms with Crippen LogP contribution in [0.1, 0.15) is 41.9 Å². The average Bonchev–Trinajstić information content (AvgIpc) is 2.88. The minimum atomic E-state index is -0.328. The molecule has 1 aliphatic rings. The quantitative estimate of drug-likeness (QED) is 0.838. The number of nitrogens with zero attached hydrogens (tertiary/aromatic N) is 3. The number of benzene rings is 1. The molecule has 3 rings (SSSR count). The van der Waals surface area contributed by atoms with E-state index < -0.39 is 0 Å². The van der Waals surface area contributed by atoms with E-state index in [-0.39, 0.29) is 5.91 Å². The van der Waals surface area contributed by atoms with Crippen LogP contribution in [-0.2, 0) is 0 Å². The third-order valence-corrected chi connectivity index (χ3v) is 4.98. The molecular weight excluding hydrogens is 359 g/mol. The highest BCUT2D eigenvalue weighted by molar-refractivity contribution is 6.44. The van der Waals surface area contributed by atoms with Crippen LogP contribution in [0.2, 0.25) is 10.0 Å². The van der Waals surface area contributed by atoms with E-state index in [1.807, 2.05) is 6.92 Å². The molecule has 1 amide bonds. The van der Waals surface area contributed by atoms with Crippen molar-refractivity contribution in [1.82, 2.24) is 9.97 Å². The van der Waals surface area contributed by atoms with Gasteiger partial charge in [-0.05, 0) is 38.0 Å². The summed E-state index contributed by atoms with van der Waals surface area (Å²) in [5.74, 6) is 0.287. The Labute approximate surface area is 157 Å². The molecule has 1 aromatic heterocycles. The lowest BCUT2D eigenvalue weighted by Crippen LogP contribution is -2.27. The fraction of sp³-hybridized carbons (Fsp3) is 0.389. The van der Waals surface area contributed by atoms with Gasteiger partial charge < -0.3 is 10.2 Å². The first kappa shape index (κ1) is 18.0. The van der Waals surface area contributed by atoms with Crippen LogP contribution in [0.3, 0.4) is 0 Å². The molecule has 5 nitrogen and oxygen atoms in total. The van der Waals surface area contributed by atoms with Crippen LogP contribution in [0.25, 0.3) is 0 Å². The molecule has 0 saturated carbocycles. The Balaban J connectivity index is 1.83. The molecule has 1 fully saturated rings. The van der Waals surface area contributed by atoms with Crippen LogP contribution in [0, 0.1) is 6.92 Å². The number of aryl methyl sites for hydroxylation is 1. The number of rotatable bonds is 3. The molecule has 2 aromatic rings. The van der Waals surface area contributed by atoms with Crippen LogP contribution in [-0.4, -0.2) is 29.0 Å². The second-order valence-corrected chi connectivity index (χ2v) is 6.94. The molecule has 0 bridgehead atoms. The van der Waals surface area contributed by atoms with Gasteiger partial charge in [0.15, 0.2) is 0 Å². The van der Waals surface area contributed by atoms with Crippen LogP contribution in [0.15, 0.2) is 24.3 Å². The van der Waals surface area contributed by atoms with Gasteiger partial charge in [0.2, 0.25) is 5.95 Å². The smallest absolute Gasteiger partial charge is 0.274 e. The maximum absolute atomic E-state index is 12.6. The number of amides is 1. The van der Waals surface area contributed by atoms with Gasteiger partial charge in [-0.2, -0.15) is 0 Å². The zero-order chi connectivity index (χ0) is 17.8. The normalized spacial score (nSPS) is 14.9. The first-order valence-corrected chi connectivity index (χ1v) is 9.16. The van der Waals surface area contributed by atoms with E-state index in [4.69, 9.17) is 23.2 Å². The predicted octanol–water partition coefficient (Wildman–Crippen LogP) is 4.72. The molecule has 0 spiro atoms. The van der Waals surface area contributed by atoms with Crippen molar-refractivity contribution in [3.05, 3.63) is 45.7 Å². The van der Waals surface area contributed by atoms with E-state index >= 15 is 0 Å². The summed E-state index contributed by atoms with van der Waals surface area (Å²) in [4.78, 5) is 23.7. The van der Waals surface area contributed by atoms with Gasteiger partial charge in [-0.15, -0.1) is 0 Å². The van der Waals surface area contributed by atoms with E-state index in [2.05, 4.69) is 20.2 Å². The van der Waals surface area contributed by atoms with Crippen molar-refractivity contribution in [1.29, 1.82) is 0 Å². The van der Waals surface area contributed by atoms with Gasteiger partial charge in [0.1, 0.15) is 5.69 Å². The summed E-state index contributed by atoms with van der Waals surface area (Å²) in [5, 5.41) is 3.48. The number of aromatic nitrogens is 2. The van der Waals surface area contributed by atoms with Crippen molar-refractivity contribution in [2.75, 3.05) is 23.3 Å². The molecule has 7 heteroatoms. The SMILES string of the molecule is Cc1cc(C(=O)Nc2cccc(Cl)c2Cl)nc(N2CCCCCC2)n1. The lowest BCUT2D eigenvalue weighted by atomic mass is 10.2. The van der Waals surface area contributed by atoms with E-state index in [1.165, 1.54) is 12.8 Å². The van der Waals surface area contributed by atoms with Crippen molar-refractivity contribution in [2.45, 2.75) is 32.6 Å². The zero-order valence-corrected chi connectivity index (χ0v) is 15.6. The number of nitrogens with one attached hydrogen (secondary N) is 1. The first-order valence-electron chi connectivity index (χ1n) is 8.40. The lowest BCUT2D eigenvalue weighted by Gasteiger charge is -2.21. The van der Waals surface area contributed by atoms with Crippen molar-refractivity contribution >= 4 is 40.7 Å². The maximum Gasteiger partial charge on any atom is 0.274 e. The van der Waals surface area contributed by atoms with Gasteiger partial charge in [-0.3, -0.25) is 4.79 Å². The van der Waals surface area contributed by atoms with Crippen LogP contribution >= 0.6 is 23.2 Å². The number of hydrogen-bond acceptors (Lipinski definition) is 4. The summed E-state index contributed by atoms with van der Waals surface area (Å²) in [7, 11) is 0. The summed E-state index contributed by atoms with van der Waals surface area (Å²) in [5.41, 5.74) is 1.55. The molecule has 1 N–H and O–H groups in total.